The van der Waals surface area contributed by atoms with Crippen LogP contribution < -0.4 is 10.6 Å². The molecule has 20 heavy (non-hydrogen) atoms. The third-order valence-corrected chi connectivity index (χ3v) is 3.35. The van der Waals surface area contributed by atoms with Crippen molar-refractivity contribution in [3.05, 3.63) is 0 Å². The highest BCUT2D eigenvalue weighted by Crippen LogP contribution is 2.27. The Morgan fingerprint density at radius 1 is 1.30 bits per heavy atom. The van der Waals surface area contributed by atoms with E-state index in [9.17, 15) is 19.2 Å². The first-order valence-electron chi connectivity index (χ1n) is 6.60. The van der Waals surface area contributed by atoms with Crippen molar-refractivity contribution in [2.75, 3.05) is 6.54 Å². The van der Waals surface area contributed by atoms with Crippen LogP contribution in [0.5, 0.6) is 0 Å². The Labute approximate surface area is 115 Å². The van der Waals surface area contributed by atoms with Gasteiger partial charge in [0.05, 0.1) is 6.42 Å². The van der Waals surface area contributed by atoms with Gasteiger partial charge in [-0.3, -0.25) is 19.7 Å². The van der Waals surface area contributed by atoms with Gasteiger partial charge in [-0.15, -0.1) is 0 Å². The lowest BCUT2D eigenvalue weighted by Crippen LogP contribution is -2.55. The Bertz CT molecular complexity index is 446. The van der Waals surface area contributed by atoms with Crippen molar-refractivity contribution in [2.24, 2.45) is 0 Å². The highest BCUT2D eigenvalue weighted by Gasteiger charge is 2.35. The van der Waals surface area contributed by atoms with Gasteiger partial charge in [-0.1, -0.05) is 0 Å². The van der Waals surface area contributed by atoms with Crippen LogP contribution in [0.15, 0.2) is 0 Å². The first kappa shape index (κ1) is 14.3. The molecule has 1 heterocycles. The Balaban J connectivity index is 1.89. The Morgan fingerprint density at radius 2 is 2.00 bits per heavy atom. The molecule has 4 amide bonds. The summed E-state index contributed by atoms with van der Waals surface area (Å²) in [5, 5.41) is 13.4. The van der Waals surface area contributed by atoms with Crippen LogP contribution in [-0.4, -0.2) is 52.4 Å². The lowest BCUT2D eigenvalue weighted by atomic mass is 10.1. The van der Waals surface area contributed by atoms with Crippen LogP contribution in [0.1, 0.15) is 32.1 Å². The van der Waals surface area contributed by atoms with Gasteiger partial charge in [0.15, 0.2) is 0 Å². The number of rotatable bonds is 5. The zero-order valence-electron chi connectivity index (χ0n) is 10.9. The van der Waals surface area contributed by atoms with Gasteiger partial charge in [-0.2, -0.15) is 0 Å². The van der Waals surface area contributed by atoms with E-state index in [1.807, 2.05) is 0 Å². The number of hydrogen-bond acceptors (Lipinski definition) is 4. The maximum Gasteiger partial charge on any atom is 0.318 e. The first-order valence-corrected chi connectivity index (χ1v) is 6.60. The second kappa shape index (κ2) is 5.89. The first-order chi connectivity index (χ1) is 9.47. The summed E-state index contributed by atoms with van der Waals surface area (Å²) < 4.78 is 0. The largest absolute Gasteiger partial charge is 0.481 e. The van der Waals surface area contributed by atoms with Crippen LogP contribution in [0.4, 0.5) is 4.79 Å². The number of imide groups is 1. The van der Waals surface area contributed by atoms with E-state index in [1.165, 1.54) is 4.90 Å². The van der Waals surface area contributed by atoms with Crippen molar-refractivity contribution in [1.82, 2.24) is 15.5 Å². The second-order valence-electron chi connectivity index (χ2n) is 5.02. The highest BCUT2D eigenvalue weighted by molar-refractivity contribution is 6.01. The number of urea groups is 1. The van der Waals surface area contributed by atoms with Crippen LogP contribution >= 0.6 is 0 Å². The number of nitrogens with zero attached hydrogens (tertiary/aromatic N) is 1. The Morgan fingerprint density at radius 3 is 2.55 bits per heavy atom. The molecule has 0 bridgehead atoms. The van der Waals surface area contributed by atoms with Crippen molar-refractivity contribution in [3.63, 3.8) is 0 Å². The van der Waals surface area contributed by atoms with Gasteiger partial charge in [0.2, 0.25) is 11.8 Å². The van der Waals surface area contributed by atoms with Crippen molar-refractivity contribution >= 4 is 23.8 Å². The molecule has 0 aromatic rings. The molecular weight excluding hydrogens is 266 g/mol. The third kappa shape index (κ3) is 3.69. The molecule has 8 nitrogen and oxygen atoms in total. The molecular formula is C12H17N3O5. The smallest absolute Gasteiger partial charge is 0.318 e. The van der Waals surface area contributed by atoms with Crippen LogP contribution in [0.2, 0.25) is 0 Å². The van der Waals surface area contributed by atoms with E-state index >= 15 is 0 Å². The lowest BCUT2D eigenvalue weighted by Gasteiger charge is -2.27. The van der Waals surface area contributed by atoms with E-state index in [2.05, 4.69) is 10.6 Å². The molecule has 1 aliphatic heterocycles. The normalized spacial score (nSPS) is 22.1. The number of carboxylic acid groups (broad SMARTS) is 1. The number of nitrogens with one attached hydrogen (secondary N) is 2. The van der Waals surface area contributed by atoms with Gasteiger partial charge >= 0.3 is 12.0 Å². The zero-order chi connectivity index (χ0) is 14.7. The minimum absolute atomic E-state index is 0.0580. The lowest BCUT2D eigenvalue weighted by molar-refractivity contribution is -0.137. The molecule has 2 rings (SSSR count). The van der Waals surface area contributed by atoms with Gasteiger partial charge < -0.3 is 15.3 Å². The van der Waals surface area contributed by atoms with E-state index in [0.29, 0.717) is 0 Å². The number of carbonyl (C=O) groups excluding carboxylic acids is 3. The molecule has 1 atom stereocenters. The number of carboxylic acids is 1. The summed E-state index contributed by atoms with van der Waals surface area (Å²) in [6.07, 6.45) is 2.03. The average Bonchev–Trinajstić information content (AvgIpc) is 3.17. The summed E-state index contributed by atoms with van der Waals surface area (Å²) in [7, 11) is 0. The van der Waals surface area contributed by atoms with Crippen molar-refractivity contribution in [3.8, 4) is 0 Å². The minimum atomic E-state index is -0.968. The van der Waals surface area contributed by atoms with Gasteiger partial charge in [-0.25, -0.2) is 4.79 Å². The van der Waals surface area contributed by atoms with Gasteiger partial charge in [-0.05, 0) is 19.3 Å². The molecule has 1 saturated heterocycles. The van der Waals surface area contributed by atoms with Crippen LogP contribution in [-0.2, 0) is 14.4 Å². The standard InChI is InChI=1S/C12H17N3O5/c16-9-4-3-8(11(19)14-9)13-12(20)15(7-1-2-7)6-5-10(17)18/h7-8H,1-6H2,(H,13,20)(H,17,18)(H,14,16,19). The van der Waals surface area contributed by atoms with Crippen molar-refractivity contribution in [2.45, 2.75) is 44.2 Å². The molecule has 2 aliphatic rings. The average molecular weight is 283 g/mol. The fraction of sp³-hybridized carbons (Fsp3) is 0.667. The van der Waals surface area contributed by atoms with Crippen molar-refractivity contribution in [1.29, 1.82) is 0 Å². The van der Waals surface area contributed by atoms with Crippen LogP contribution in [0, 0.1) is 0 Å². The van der Waals surface area contributed by atoms with E-state index in [0.717, 1.165) is 12.8 Å². The molecule has 8 heteroatoms. The molecule has 0 aromatic carbocycles. The van der Waals surface area contributed by atoms with Crippen molar-refractivity contribution < 1.29 is 24.3 Å². The maximum atomic E-state index is 12.1. The number of aliphatic carboxylic acids is 1. The molecule has 0 radical (unpaired) electrons. The molecule has 1 saturated carbocycles. The summed E-state index contributed by atoms with van der Waals surface area (Å²) in [5.74, 6) is -1.82. The molecule has 1 unspecified atom stereocenters. The number of amides is 4. The quantitative estimate of drug-likeness (QED) is 0.585. The fourth-order valence-electron chi connectivity index (χ4n) is 2.12. The number of carbonyl (C=O) groups is 4. The maximum absolute atomic E-state index is 12.1. The summed E-state index contributed by atoms with van der Waals surface area (Å²) in [6.45, 7) is 0.124. The summed E-state index contributed by atoms with van der Waals surface area (Å²) in [5.41, 5.74) is 0. The van der Waals surface area contributed by atoms with E-state index < -0.39 is 23.9 Å². The predicted molar refractivity (Wildman–Crippen MR) is 66.7 cm³/mol. The topological polar surface area (TPSA) is 116 Å². The minimum Gasteiger partial charge on any atom is -0.481 e. The summed E-state index contributed by atoms with van der Waals surface area (Å²) >= 11 is 0. The third-order valence-electron chi connectivity index (χ3n) is 3.35. The predicted octanol–water partition coefficient (Wildman–Crippen LogP) is -0.560. The fourth-order valence-corrected chi connectivity index (χ4v) is 2.12. The molecule has 3 N–H and O–H groups in total. The van der Waals surface area contributed by atoms with Crippen LogP contribution in [0.25, 0.3) is 0 Å². The molecule has 0 aromatic heterocycles. The molecule has 2 fully saturated rings. The monoisotopic (exact) mass is 283 g/mol. The summed E-state index contributed by atoms with van der Waals surface area (Å²) in [4.78, 5) is 46.7. The molecule has 110 valence electrons. The summed E-state index contributed by atoms with van der Waals surface area (Å²) in [6, 6.07) is -1.11. The van der Waals surface area contributed by atoms with E-state index in [-0.39, 0.29) is 37.8 Å². The molecule has 0 spiro atoms. The number of hydrogen-bond donors (Lipinski definition) is 3. The van der Waals surface area contributed by atoms with Crippen LogP contribution in [0.3, 0.4) is 0 Å². The Hall–Kier alpha value is -2.12. The van der Waals surface area contributed by atoms with Gasteiger partial charge in [0.1, 0.15) is 6.04 Å². The SMILES string of the molecule is O=C(O)CCN(C(=O)NC1CCC(=O)NC1=O)C1CC1. The van der Waals surface area contributed by atoms with E-state index in [4.69, 9.17) is 5.11 Å². The number of piperidine rings is 1. The zero-order valence-corrected chi connectivity index (χ0v) is 10.9. The molecule has 1 aliphatic carbocycles. The van der Waals surface area contributed by atoms with E-state index in [1.54, 1.807) is 0 Å². The van der Waals surface area contributed by atoms with Gasteiger partial charge in [0.25, 0.3) is 0 Å². The highest BCUT2D eigenvalue weighted by atomic mass is 16.4. The Kier molecular flexibility index (Phi) is 4.21. The van der Waals surface area contributed by atoms with Gasteiger partial charge in [0, 0.05) is 19.0 Å². The second-order valence-corrected chi connectivity index (χ2v) is 5.02.